The largest absolute Gasteiger partial charge is 0.491 e. The zero-order valence-corrected chi connectivity index (χ0v) is 11.3. The highest BCUT2D eigenvalue weighted by atomic mass is 19.4. The minimum atomic E-state index is -5.50. The van der Waals surface area contributed by atoms with Crippen molar-refractivity contribution in [1.82, 2.24) is 0 Å². The first kappa shape index (κ1) is 17.6. The van der Waals surface area contributed by atoms with Crippen molar-refractivity contribution in [2.24, 2.45) is 11.7 Å². The van der Waals surface area contributed by atoms with Gasteiger partial charge in [0.2, 0.25) is 0 Å². The summed E-state index contributed by atoms with van der Waals surface area (Å²) in [6.07, 6.45) is -11.4. The highest BCUT2D eigenvalue weighted by Gasteiger charge is 2.60. The lowest BCUT2D eigenvalue weighted by Gasteiger charge is -2.29. The summed E-state index contributed by atoms with van der Waals surface area (Å²) >= 11 is 0. The van der Waals surface area contributed by atoms with Crippen molar-refractivity contribution in [2.45, 2.75) is 38.3 Å². The van der Waals surface area contributed by atoms with E-state index in [-0.39, 0.29) is 11.3 Å². The van der Waals surface area contributed by atoms with Gasteiger partial charge >= 0.3 is 12.4 Å². The molecule has 1 aromatic rings. The second-order valence-corrected chi connectivity index (χ2v) is 4.79. The zero-order chi connectivity index (χ0) is 16.4. The Morgan fingerprint density at radius 1 is 0.952 bits per heavy atom. The Bertz CT molecular complexity index is 454. The van der Waals surface area contributed by atoms with E-state index < -0.39 is 30.4 Å². The van der Waals surface area contributed by atoms with Crippen LogP contribution in [0.25, 0.3) is 0 Å². The zero-order valence-electron chi connectivity index (χ0n) is 11.3. The Balaban J connectivity index is 3.25. The fourth-order valence-electron chi connectivity index (χ4n) is 1.89. The quantitative estimate of drug-likeness (QED) is 0.845. The van der Waals surface area contributed by atoms with Gasteiger partial charge < -0.3 is 10.5 Å². The minimum absolute atomic E-state index is 0.0847. The molecule has 0 spiro atoms. The monoisotopic (exact) mass is 315 g/mol. The lowest BCUT2D eigenvalue weighted by Crippen LogP contribution is -2.44. The van der Waals surface area contributed by atoms with Crippen LogP contribution in [-0.4, -0.2) is 18.5 Å². The number of alkyl halides is 6. The van der Waals surface area contributed by atoms with Crippen LogP contribution in [-0.2, 0) is 0 Å². The van der Waals surface area contributed by atoms with Crippen LogP contribution in [0.5, 0.6) is 5.75 Å². The number of rotatable bonds is 4. The lowest BCUT2D eigenvalue weighted by molar-refractivity contribution is -0.290. The molecule has 1 aromatic carbocycles. The standard InChI is InChI=1S/C13H15F6NO/c1-7(2)21-9-6-4-3-5-8(9)10(20)11(12(14,15)16)13(17,18)19/h3-7,10-11H,20H2,1-2H3. The fraction of sp³-hybridized carbons (Fsp3) is 0.538. The topological polar surface area (TPSA) is 35.2 Å². The van der Waals surface area contributed by atoms with Gasteiger partial charge in [-0.25, -0.2) is 0 Å². The lowest BCUT2D eigenvalue weighted by atomic mass is 9.92. The second kappa shape index (κ2) is 6.13. The SMILES string of the molecule is CC(C)Oc1ccccc1C(N)C(C(F)(F)F)C(F)(F)F. The average molecular weight is 315 g/mol. The molecule has 0 aliphatic carbocycles. The fourth-order valence-corrected chi connectivity index (χ4v) is 1.89. The Labute approximate surface area is 117 Å². The van der Waals surface area contributed by atoms with Crippen molar-refractivity contribution in [2.75, 3.05) is 0 Å². The summed E-state index contributed by atoms with van der Waals surface area (Å²) in [5, 5.41) is 0. The number of hydrogen-bond acceptors (Lipinski definition) is 2. The van der Waals surface area contributed by atoms with Gasteiger partial charge in [0.25, 0.3) is 0 Å². The van der Waals surface area contributed by atoms with E-state index in [1.54, 1.807) is 13.8 Å². The molecule has 0 saturated heterocycles. The van der Waals surface area contributed by atoms with Gasteiger partial charge in [0, 0.05) is 5.56 Å². The Hall–Kier alpha value is -1.44. The van der Waals surface area contributed by atoms with E-state index in [4.69, 9.17) is 10.5 Å². The maximum Gasteiger partial charge on any atom is 0.402 e. The van der Waals surface area contributed by atoms with Crippen molar-refractivity contribution >= 4 is 0 Å². The molecule has 2 nitrogen and oxygen atoms in total. The van der Waals surface area contributed by atoms with Crippen LogP contribution in [0.4, 0.5) is 26.3 Å². The average Bonchev–Trinajstić information content (AvgIpc) is 2.24. The van der Waals surface area contributed by atoms with Gasteiger partial charge in [0.05, 0.1) is 12.1 Å². The number of nitrogens with two attached hydrogens (primary N) is 1. The van der Waals surface area contributed by atoms with Crippen molar-refractivity contribution in [3.8, 4) is 5.75 Å². The van der Waals surface area contributed by atoms with Crippen LogP contribution in [0.3, 0.4) is 0 Å². The van der Waals surface area contributed by atoms with Crippen molar-refractivity contribution in [3.63, 3.8) is 0 Å². The molecule has 0 bridgehead atoms. The van der Waals surface area contributed by atoms with Crippen LogP contribution >= 0.6 is 0 Å². The van der Waals surface area contributed by atoms with Gasteiger partial charge in [-0.2, -0.15) is 26.3 Å². The first-order valence-corrected chi connectivity index (χ1v) is 6.09. The third-order valence-corrected chi connectivity index (χ3v) is 2.71. The molecular weight excluding hydrogens is 300 g/mol. The smallest absolute Gasteiger partial charge is 0.402 e. The van der Waals surface area contributed by atoms with Crippen molar-refractivity contribution in [3.05, 3.63) is 29.8 Å². The molecule has 0 aliphatic heterocycles. The van der Waals surface area contributed by atoms with Gasteiger partial charge in [-0.05, 0) is 19.9 Å². The molecule has 21 heavy (non-hydrogen) atoms. The predicted octanol–water partition coefficient (Wildman–Crippen LogP) is 4.21. The predicted molar refractivity (Wildman–Crippen MR) is 64.7 cm³/mol. The summed E-state index contributed by atoms with van der Waals surface area (Å²) < 4.78 is 81.5. The van der Waals surface area contributed by atoms with Gasteiger partial charge in [0.15, 0.2) is 5.92 Å². The molecule has 8 heteroatoms. The molecule has 0 saturated carbocycles. The summed E-state index contributed by atoms with van der Waals surface area (Å²) in [4.78, 5) is 0. The molecule has 2 N–H and O–H groups in total. The van der Waals surface area contributed by atoms with Crippen LogP contribution in [0.1, 0.15) is 25.5 Å². The molecule has 0 fully saturated rings. The molecule has 0 aromatic heterocycles. The summed E-state index contributed by atoms with van der Waals surface area (Å²) in [6, 6.07) is 2.86. The van der Waals surface area contributed by atoms with Crippen LogP contribution in [0.15, 0.2) is 24.3 Å². The van der Waals surface area contributed by atoms with E-state index in [9.17, 15) is 26.3 Å². The Morgan fingerprint density at radius 3 is 1.86 bits per heavy atom. The maximum atomic E-state index is 12.7. The van der Waals surface area contributed by atoms with Gasteiger partial charge in [-0.1, -0.05) is 18.2 Å². The second-order valence-electron chi connectivity index (χ2n) is 4.79. The number of ether oxygens (including phenoxy) is 1. The molecule has 1 unspecified atom stereocenters. The van der Waals surface area contributed by atoms with E-state index in [0.717, 1.165) is 6.07 Å². The van der Waals surface area contributed by atoms with Crippen LogP contribution < -0.4 is 10.5 Å². The van der Waals surface area contributed by atoms with Crippen LogP contribution in [0.2, 0.25) is 0 Å². The third-order valence-electron chi connectivity index (χ3n) is 2.71. The summed E-state index contributed by atoms with van der Waals surface area (Å²) in [6.45, 7) is 3.21. The first-order chi connectivity index (χ1) is 9.44. The number of para-hydroxylation sites is 1. The van der Waals surface area contributed by atoms with Crippen molar-refractivity contribution in [1.29, 1.82) is 0 Å². The van der Waals surface area contributed by atoms with E-state index in [0.29, 0.717) is 0 Å². The van der Waals surface area contributed by atoms with E-state index in [1.807, 2.05) is 0 Å². The molecule has 0 amide bonds. The molecule has 120 valence electrons. The summed E-state index contributed by atoms with van der Waals surface area (Å²) in [7, 11) is 0. The van der Waals surface area contributed by atoms with Gasteiger partial charge in [-0.3, -0.25) is 0 Å². The maximum absolute atomic E-state index is 12.7. The Kier molecular flexibility index (Phi) is 5.14. The molecule has 0 aliphatic rings. The summed E-state index contributed by atoms with van der Waals surface area (Å²) in [5.74, 6) is -3.74. The molecule has 0 radical (unpaired) electrons. The molecule has 1 atom stereocenters. The van der Waals surface area contributed by atoms with Crippen molar-refractivity contribution < 1.29 is 31.1 Å². The first-order valence-electron chi connectivity index (χ1n) is 6.09. The summed E-state index contributed by atoms with van der Waals surface area (Å²) in [5.41, 5.74) is 4.94. The number of benzene rings is 1. The van der Waals surface area contributed by atoms with Gasteiger partial charge in [0.1, 0.15) is 5.75 Å². The van der Waals surface area contributed by atoms with E-state index in [1.165, 1.54) is 18.2 Å². The van der Waals surface area contributed by atoms with Gasteiger partial charge in [-0.15, -0.1) is 0 Å². The highest BCUT2D eigenvalue weighted by Crippen LogP contribution is 2.46. The minimum Gasteiger partial charge on any atom is -0.491 e. The normalized spacial score (nSPS) is 14.6. The number of halogens is 6. The molecular formula is C13H15F6NO. The van der Waals surface area contributed by atoms with E-state index in [2.05, 4.69) is 0 Å². The Morgan fingerprint density at radius 2 is 1.43 bits per heavy atom. The number of hydrogen-bond donors (Lipinski definition) is 1. The van der Waals surface area contributed by atoms with Crippen LogP contribution in [0, 0.1) is 5.92 Å². The third kappa shape index (κ3) is 4.52. The van der Waals surface area contributed by atoms with E-state index >= 15 is 0 Å². The molecule has 0 heterocycles. The highest BCUT2D eigenvalue weighted by molar-refractivity contribution is 5.36. The molecule has 1 rings (SSSR count).